The maximum absolute atomic E-state index is 12.6. The number of amides is 1. The van der Waals surface area contributed by atoms with Crippen LogP contribution in [0.5, 0.6) is 5.75 Å². The van der Waals surface area contributed by atoms with Crippen LogP contribution < -0.4 is 10.1 Å². The third-order valence-corrected chi connectivity index (χ3v) is 7.36. The van der Waals surface area contributed by atoms with Crippen LogP contribution in [0.4, 0.5) is 0 Å². The van der Waals surface area contributed by atoms with Crippen molar-refractivity contribution in [3.05, 3.63) is 30.3 Å². The second kappa shape index (κ2) is 10.6. The van der Waals surface area contributed by atoms with Gasteiger partial charge >= 0.3 is 0 Å². The average Bonchev–Trinajstić information content (AvgIpc) is 3.47. The molecular weight excluding hydrogens is 410 g/mol. The summed E-state index contributed by atoms with van der Waals surface area (Å²) in [4.78, 5) is 17.0. The number of carbonyl (C=O) groups excluding carboxylic acids is 1. The third-order valence-electron chi connectivity index (χ3n) is 6.95. The smallest absolute Gasteiger partial charge is 0.222 e. The molecule has 3 aliphatic heterocycles. The Morgan fingerprint density at radius 2 is 1.90 bits per heavy atom. The summed E-state index contributed by atoms with van der Waals surface area (Å²) < 4.78 is 11.4. The van der Waals surface area contributed by atoms with Crippen molar-refractivity contribution < 1.29 is 14.3 Å². The molecule has 0 aliphatic carbocycles. The number of benzene rings is 1. The van der Waals surface area contributed by atoms with E-state index in [0.29, 0.717) is 24.5 Å². The highest BCUT2D eigenvalue weighted by Crippen LogP contribution is 2.40. The van der Waals surface area contributed by atoms with Gasteiger partial charge in [-0.1, -0.05) is 18.2 Å². The Balaban J connectivity index is 1.13. The molecule has 0 aromatic heterocycles. The van der Waals surface area contributed by atoms with Gasteiger partial charge in [-0.05, 0) is 68.3 Å². The zero-order valence-electron chi connectivity index (χ0n) is 18.4. The number of likely N-dealkylation sites (tertiary alicyclic amines) is 2. The fourth-order valence-electron chi connectivity index (χ4n) is 4.95. The zero-order chi connectivity index (χ0) is 21.5. The summed E-state index contributed by atoms with van der Waals surface area (Å²) in [6.07, 6.45) is 7.22. The molecule has 1 atom stereocenters. The van der Waals surface area contributed by atoms with Crippen LogP contribution in [0.15, 0.2) is 30.3 Å². The van der Waals surface area contributed by atoms with Gasteiger partial charge < -0.3 is 24.6 Å². The van der Waals surface area contributed by atoms with Gasteiger partial charge in [0, 0.05) is 45.8 Å². The Bertz CT molecular complexity index is 731. The molecule has 1 aromatic carbocycles. The van der Waals surface area contributed by atoms with Crippen LogP contribution in [-0.2, 0) is 9.53 Å². The molecule has 0 radical (unpaired) electrons. The van der Waals surface area contributed by atoms with E-state index in [1.807, 2.05) is 35.2 Å². The van der Waals surface area contributed by atoms with Crippen LogP contribution in [0.3, 0.4) is 0 Å². The highest BCUT2D eigenvalue weighted by atomic mass is 32.1. The summed E-state index contributed by atoms with van der Waals surface area (Å²) in [5.41, 5.74) is 0.308. The standard InChI is InChI=1S/C24H35N3O3S/c28-22(9-5-17-29-20-6-2-1-3-7-20)26-13-10-24(11-14-26)12-15-27(19-24)23(31)25-18-21-8-4-16-30-21/h1-3,6-7,21H,4-5,8-19H2,(H,25,31). The molecular formula is C24H35N3O3S. The number of piperidine rings is 1. The first-order chi connectivity index (χ1) is 15.1. The minimum atomic E-state index is 0.259. The number of nitrogens with zero attached hydrogens (tertiary/aromatic N) is 2. The van der Waals surface area contributed by atoms with E-state index < -0.39 is 0 Å². The van der Waals surface area contributed by atoms with Crippen LogP contribution in [0.2, 0.25) is 0 Å². The summed E-state index contributed by atoms with van der Waals surface area (Å²) in [6, 6.07) is 9.78. The van der Waals surface area contributed by atoms with Gasteiger partial charge in [0.05, 0.1) is 12.7 Å². The van der Waals surface area contributed by atoms with Gasteiger partial charge in [-0.2, -0.15) is 0 Å². The largest absolute Gasteiger partial charge is 0.494 e. The molecule has 3 aliphatic rings. The lowest BCUT2D eigenvalue weighted by atomic mass is 9.77. The van der Waals surface area contributed by atoms with Gasteiger partial charge in [0.2, 0.25) is 5.91 Å². The second-order valence-electron chi connectivity index (χ2n) is 9.14. The molecule has 31 heavy (non-hydrogen) atoms. The lowest BCUT2D eigenvalue weighted by molar-refractivity contribution is -0.133. The Morgan fingerprint density at radius 3 is 2.61 bits per heavy atom. The lowest BCUT2D eigenvalue weighted by Crippen LogP contribution is -2.46. The minimum absolute atomic E-state index is 0.259. The molecule has 1 unspecified atom stereocenters. The number of rotatable bonds is 7. The van der Waals surface area contributed by atoms with Gasteiger partial charge in [-0.15, -0.1) is 0 Å². The van der Waals surface area contributed by atoms with Crippen molar-refractivity contribution in [1.82, 2.24) is 15.1 Å². The maximum atomic E-state index is 12.6. The van der Waals surface area contributed by atoms with Gasteiger partial charge in [0.1, 0.15) is 5.75 Å². The van der Waals surface area contributed by atoms with E-state index in [1.165, 1.54) is 6.42 Å². The topological polar surface area (TPSA) is 54.0 Å². The second-order valence-corrected chi connectivity index (χ2v) is 9.53. The van der Waals surface area contributed by atoms with Crippen molar-refractivity contribution in [2.75, 3.05) is 45.9 Å². The number of para-hydroxylation sites is 1. The molecule has 1 aromatic rings. The lowest BCUT2D eigenvalue weighted by Gasteiger charge is -2.39. The van der Waals surface area contributed by atoms with Crippen molar-refractivity contribution >= 4 is 23.2 Å². The number of hydrogen-bond acceptors (Lipinski definition) is 4. The third kappa shape index (κ3) is 6.10. The SMILES string of the molecule is O=C(CCCOc1ccccc1)N1CCC2(CC1)CCN(C(=S)NCC1CCCO1)C2. The first-order valence-corrected chi connectivity index (χ1v) is 12.1. The highest BCUT2D eigenvalue weighted by Gasteiger charge is 2.42. The molecule has 6 nitrogen and oxygen atoms in total. The van der Waals surface area contributed by atoms with E-state index in [0.717, 1.165) is 82.3 Å². The van der Waals surface area contributed by atoms with Crippen LogP contribution >= 0.6 is 12.2 Å². The van der Waals surface area contributed by atoms with Crippen molar-refractivity contribution in [3.8, 4) is 5.75 Å². The van der Waals surface area contributed by atoms with Gasteiger partial charge in [-0.3, -0.25) is 4.79 Å². The van der Waals surface area contributed by atoms with E-state index >= 15 is 0 Å². The predicted octanol–water partition coefficient (Wildman–Crippen LogP) is 3.21. The molecule has 4 rings (SSSR count). The zero-order valence-corrected chi connectivity index (χ0v) is 19.2. The molecule has 0 bridgehead atoms. The number of ether oxygens (including phenoxy) is 2. The predicted molar refractivity (Wildman–Crippen MR) is 125 cm³/mol. The summed E-state index contributed by atoms with van der Waals surface area (Å²) >= 11 is 5.64. The monoisotopic (exact) mass is 445 g/mol. The molecule has 170 valence electrons. The highest BCUT2D eigenvalue weighted by molar-refractivity contribution is 7.80. The number of thiocarbonyl (C=S) groups is 1. The Labute approximate surface area is 191 Å². The van der Waals surface area contributed by atoms with Crippen molar-refractivity contribution in [2.24, 2.45) is 5.41 Å². The van der Waals surface area contributed by atoms with E-state index in [9.17, 15) is 4.79 Å². The first kappa shape index (κ1) is 22.3. The molecule has 1 N–H and O–H groups in total. The minimum Gasteiger partial charge on any atom is -0.494 e. The first-order valence-electron chi connectivity index (χ1n) is 11.7. The van der Waals surface area contributed by atoms with Crippen LogP contribution in [0.1, 0.15) is 44.9 Å². The summed E-state index contributed by atoms with van der Waals surface area (Å²) in [7, 11) is 0. The quantitative estimate of drug-likeness (QED) is 0.514. The molecule has 3 heterocycles. The van der Waals surface area contributed by atoms with Gasteiger partial charge in [-0.25, -0.2) is 0 Å². The van der Waals surface area contributed by atoms with Crippen molar-refractivity contribution in [2.45, 2.75) is 51.0 Å². The van der Waals surface area contributed by atoms with Crippen LogP contribution in [-0.4, -0.2) is 72.9 Å². The molecule has 1 amide bonds. The van der Waals surface area contributed by atoms with Crippen molar-refractivity contribution in [3.63, 3.8) is 0 Å². The van der Waals surface area contributed by atoms with E-state index in [-0.39, 0.29) is 5.91 Å². The van der Waals surface area contributed by atoms with E-state index in [1.54, 1.807) is 0 Å². The normalized spacial score (nSPS) is 22.6. The fraction of sp³-hybridized carbons (Fsp3) is 0.667. The van der Waals surface area contributed by atoms with E-state index in [4.69, 9.17) is 21.7 Å². The van der Waals surface area contributed by atoms with E-state index in [2.05, 4.69) is 10.2 Å². The molecule has 7 heteroatoms. The maximum Gasteiger partial charge on any atom is 0.222 e. The molecule has 3 saturated heterocycles. The van der Waals surface area contributed by atoms with Crippen LogP contribution in [0.25, 0.3) is 0 Å². The molecule has 3 fully saturated rings. The molecule has 0 saturated carbocycles. The molecule has 1 spiro atoms. The van der Waals surface area contributed by atoms with Gasteiger partial charge in [0.15, 0.2) is 5.11 Å². The Kier molecular flexibility index (Phi) is 7.67. The average molecular weight is 446 g/mol. The summed E-state index contributed by atoms with van der Waals surface area (Å²) in [5, 5.41) is 4.28. The Morgan fingerprint density at radius 1 is 1.16 bits per heavy atom. The van der Waals surface area contributed by atoms with Crippen LogP contribution in [0, 0.1) is 5.41 Å². The van der Waals surface area contributed by atoms with Crippen molar-refractivity contribution in [1.29, 1.82) is 0 Å². The number of nitrogens with one attached hydrogen (secondary N) is 1. The fourth-order valence-corrected chi connectivity index (χ4v) is 5.19. The van der Waals surface area contributed by atoms with Gasteiger partial charge in [0.25, 0.3) is 0 Å². The summed E-state index contributed by atoms with van der Waals surface area (Å²) in [6.45, 7) is 6.03. The number of hydrogen-bond donors (Lipinski definition) is 1. The summed E-state index contributed by atoms with van der Waals surface area (Å²) in [5.74, 6) is 1.12. The number of carbonyl (C=O) groups is 1. The Hall–Kier alpha value is -1.86.